The third-order valence-corrected chi connectivity index (χ3v) is 0.774. The molecule has 0 aliphatic heterocycles. The van der Waals surface area contributed by atoms with Crippen molar-refractivity contribution >= 4 is 5.71 Å². The zero-order valence-corrected chi connectivity index (χ0v) is 5.85. The van der Waals surface area contributed by atoms with E-state index in [0.29, 0.717) is 13.3 Å². The number of methoxy groups -OCH3 is 1. The van der Waals surface area contributed by atoms with Crippen LogP contribution in [0.4, 0.5) is 0 Å². The van der Waals surface area contributed by atoms with E-state index in [4.69, 9.17) is 5.73 Å². The van der Waals surface area contributed by atoms with Crippen molar-refractivity contribution in [1.82, 2.24) is 5.43 Å². The van der Waals surface area contributed by atoms with Gasteiger partial charge < -0.3 is 10.5 Å². The highest BCUT2D eigenvalue weighted by molar-refractivity contribution is 5.83. The SMILES string of the molecule is COCN/N=C(\C)CN. The maximum Gasteiger partial charge on any atom is 0.131 e. The van der Waals surface area contributed by atoms with Gasteiger partial charge in [-0.15, -0.1) is 0 Å². The molecule has 3 N–H and O–H groups in total. The van der Waals surface area contributed by atoms with Gasteiger partial charge in [0.05, 0.1) is 0 Å². The molecule has 0 heterocycles. The van der Waals surface area contributed by atoms with Crippen LogP contribution in [0.3, 0.4) is 0 Å². The van der Waals surface area contributed by atoms with Gasteiger partial charge in [0.25, 0.3) is 0 Å². The van der Waals surface area contributed by atoms with Crippen LogP contribution in [0.25, 0.3) is 0 Å². The molecule has 0 aromatic rings. The molecule has 0 bridgehead atoms. The van der Waals surface area contributed by atoms with Crippen LogP contribution < -0.4 is 11.2 Å². The van der Waals surface area contributed by atoms with Gasteiger partial charge in [0.1, 0.15) is 6.73 Å². The highest BCUT2D eigenvalue weighted by atomic mass is 16.5. The van der Waals surface area contributed by atoms with Gasteiger partial charge in [-0.1, -0.05) is 0 Å². The van der Waals surface area contributed by atoms with Crippen LogP contribution in [-0.2, 0) is 4.74 Å². The fraction of sp³-hybridized carbons (Fsp3) is 0.800. The van der Waals surface area contributed by atoms with Gasteiger partial charge in [0.2, 0.25) is 0 Å². The van der Waals surface area contributed by atoms with Gasteiger partial charge in [0, 0.05) is 19.4 Å². The van der Waals surface area contributed by atoms with E-state index in [1.807, 2.05) is 6.92 Å². The summed E-state index contributed by atoms with van der Waals surface area (Å²) in [5, 5.41) is 3.85. The van der Waals surface area contributed by atoms with E-state index in [-0.39, 0.29) is 0 Å². The molecule has 0 aromatic carbocycles. The normalized spacial score (nSPS) is 11.7. The topological polar surface area (TPSA) is 59.6 Å². The smallest absolute Gasteiger partial charge is 0.131 e. The number of ether oxygens (including phenoxy) is 1. The van der Waals surface area contributed by atoms with Crippen molar-refractivity contribution in [2.45, 2.75) is 6.92 Å². The maximum atomic E-state index is 5.24. The molecular formula is C5H13N3O. The van der Waals surface area contributed by atoms with Crippen molar-refractivity contribution < 1.29 is 4.74 Å². The van der Waals surface area contributed by atoms with Crippen molar-refractivity contribution in [2.24, 2.45) is 10.8 Å². The van der Waals surface area contributed by atoms with E-state index in [2.05, 4.69) is 15.3 Å². The summed E-state index contributed by atoms with van der Waals surface area (Å²) in [6.45, 7) is 2.76. The van der Waals surface area contributed by atoms with Crippen molar-refractivity contribution in [2.75, 3.05) is 20.4 Å². The molecule has 0 unspecified atom stereocenters. The van der Waals surface area contributed by atoms with Crippen LogP contribution in [0.1, 0.15) is 6.92 Å². The highest BCUT2D eigenvalue weighted by Crippen LogP contribution is 1.68. The quantitative estimate of drug-likeness (QED) is 0.234. The Morgan fingerprint density at radius 2 is 2.44 bits per heavy atom. The molecule has 0 saturated carbocycles. The van der Waals surface area contributed by atoms with E-state index in [9.17, 15) is 0 Å². The second-order valence-corrected chi connectivity index (χ2v) is 1.64. The fourth-order valence-corrected chi connectivity index (χ4v) is 0.277. The van der Waals surface area contributed by atoms with Crippen molar-refractivity contribution in [3.63, 3.8) is 0 Å². The van der Waals surface area contributed by atoms with E-state index in [1.54, 1.807) is 7.11 Å². The average molecular weight is 131 g/mol. The number of hydrogen-bond donors (Lipinski definition) is 2. The molecule has 0 rings (SSSR count). The van der Waals surface area contributed by atoms with Gasteiger partial charge in [-0.2, -0.15) is 5.10 Å². The molecule has 0 saturated heterocycles. The molecule has 0 aliphatic rings. The molecule has 0 spiro atoms. The number of nitrogens with one attached hydrogen (secondary N) is 1. The first kappa shape index (κ1) is 8.39. The first-order valence-corrected chi connectivity index (χ1v) is 2.76. The monoisotopic (exact) mass is 131 g/mol. The van der Waals surface area contributed by atoms with Gasteiger partial charge in [-0.05, 0) is 6.92 Å². The van der Waals surface area contributed by atoms with E-state index in [1.165, 1.54) is 0 Å². The number of hydrazone groups is 1. The largest absolute Gasteiger partial charge is 0.363 e. The van der Waals surface area contributed by atoms with Crippen LogP contribution in [0, 0.1) is 0 Å². The molecule has 0 aliphatic carbocycles. The van der Waals surface area contributed by atoms with Gasteiger partial charge in [-0.3, -0.25) is 5.43 Å². The van der Waals surface area contributed by atoms with Gasteiger partial charge in [-0.25, -0.2) is 0 Å². The van der Waals surface area contributed by atoms with Crippen LogP contribution in [0.2, 0.25) is 0 Å². The minimum atomic E-state index is 0.428. The molecule has 0 fully saturated rings. The second kappa shape index (κ2) is 5.53. The van der Waals surface area contributed by atoms with E-state index in [0.717, 1.165) is 5.71 Å². The van der Waals surface area contributed by atoms with Crippen LogP contribution in [0.15, 0.2) is 5.10 Å². The summed E-state index contributed by atoms with van der Waals surface area (Å²) >= 11 is 0. The lowest BCUT2D eigenvalue weighted by Crippen LogP contribution is -2.16. The Bertz CT molecular complexity index is 92.2. The Morgan fingerprint density at radius 3 is 2.89 bits per heavy atom. The zero-order chi connectivity index (χ0) is 7.11. The highest BCUT2D eigenvalue weighted by Gasteiger charge is 1.81. The Hall–Kier alpha value is -0.610. The number of nitrogens with zero attached hydrogens (tertiary/aromatic N) is 1. The summed E-state index contributed by atoms with van der Waals surface area (Å²) in [7, 11) is 1.60. The lowest BCUT2D eigenvalue weighted by molar-refractivity contribution is 0.177. The lowest BCUT2D eigenvalue weighted by atomic mass is 10.4. The first-order valence-electron chi connectivity index (χ1n) is 2.76. The lowest BCUT2D eigenvalue weighted by Gasteiger charge is -1.97. The Morgan fingerprint density at radius 1 is 1.78 bits per heavy atom. The third kappa shape index (κ3) is 5.26. The maximum absolute atomic E-state index is 5.24. The number of hydrogen-bond acceptors (Lipinski definition) is 4. The number of rotatable bonds is 4. The molecule has 0 atom stereocenters. The Labute approximate surface area is 55.1 Å². The summed E-state index contributed by atoms with van der Waals surface area (Å²) in [5.41, 5.74) is 8.78. The summed E-state index contributed by atoms with van der Waals surface area (Å²) < 4.78 is 4.68. The minimum Gasteiger partial charge on any atom is -0.363 e. The number of nitrogens with two attached hydrogens (primary N) is 1. The molecule has 9 heavy (non-hydrogen) atoms. The molecule has 0 radical (unpaired) electrons. The molecular weight excluding hydrogens is 118 g/mol. The summed E-state index contributed by atoms with van der Waals surface area (Å²) in [6, 6.07) is 0. The van der Waals surface area contributed by atoms with Crippen LogP contribution in [-0.4, -0.2) is 26.1 Å². The van der Waals surface area contributed by atoms with Gasteiger partial charge in [0.15, 0.2) is 0 Å². The second-order valence-electron chi connectivity index (χ2n) is 1.64. The first-order chi connectivity index (χ1) is 4.31. The zero-order valence-electron chi connectivity index (χ0n) is 5.85. The summed E-state index contributed by atoms with van der Waals surface area (Å²) in [6.07, 6.45) is 0. The van der Waals surface area contributed by atoms with Gasteiger partial charge >= 0.3 is 0 Å². The third-order valence-electron chi connectivity index (χ3n) is 0.774. The van der Waals surface area contributed by atoms with Crippen molar-refractivity contribution in [3.05, 3.63) is 0 Å². The Kier molecular flexibility index (Phi) is 5.15. The molecule has 54 valence electrons. The predicted molar refractivity (Wildman–Crippen MR) is 37.2 cm³/mol. The molecule has 0 amide bonds. The molecule has 0 aromatic heterocycles. The average Bonchev–Trinajstić information content (AvgIpc) is 1.89. The standard InChI is InChI=1S/C5H13N3O/c1-5(3-6)8-7-4-9-2/h7H,3-4,6H2,1-2H3/b8-5+. The van der Waals surface area contributed by atoms with Crippen LogP contribution >= 0.6 is 0 Å². The minimum absolute atomic E-state index is 0.428. The summed E-state index contributed by atoms with van der Waals surface area (Å²) in [5.74, 6) is 0. The summed E-state index contributed by atoms with van der Waals surface area (Å²) in [4.78, 5) is 0. The van der Waals surface area contributed by atoms with E-state index >= 15 is 0 Å². The predicted octanol–water partition coefficient (Wildman–Crippen LogP) is -0.485. The fourth-order valence-electron chi connectivity index (χ4n) is 0.277. The molecule has 4 heteroatoms. The van der Waals surface area contributed by atoms with E-state index < -0.39 is 0 Å². The van der Waals surface area contributed by atoms with Crippen molar-refractivity contribution in [1.29, 1.82) is 0 Å². The Balaban J connectivity index is 3.21. The van der Waals surface area contributed by atoms with Crippen molar-refractivity contribution in [3.8, 4) is 0 Å². The molecule has 4 nitrogen and oxygen atoms in total. The van der Waals surface area contributed by atoms with Crippen LogP contribution in [0.5, 0.6) is 0 Å².